The lowest BCUT2D eigenvalue weighted by molar-refractivity contribution is -0.137. The van der Waals surface area contributed by atoms with E-state index < -0.39 is 5.97 Å². The van der Waals surface area contributed by atoms with Gasteiger partial charge in [0.2, 0.25) is 0 Å². The van der Waals surface area contributed by atoms with Crippen LogP contribution >= 0.6 is 0 Å². The highest BCUT2D eigenvalue weighted by atomic mass is 16.5. The minimum Gasteiger partial charge on any atom is -0.493 e. The number of carboxylic acids is 1. The second kappa shape index (κ2) is 10.5. The summed E-state index contributed by atoms with van der Waals surface area (Å²) in [6.45, 7) is 0.573. The maximum absolute atomic E-state index is 10.6. The van der Waals surface area contributed by atoms with Crippen LogP contribution in [-0.4, -0.2) is 27.9 Å². The molecule has 2 heterocycles. The maximum atomic E-state index is 10.6. The van der Waals surface area contributed by atoms with E-state index in [1.807, 2.05) is 48.7 Å². The molecule has 0 saturated heterocycles. The van der Waals surface area contributed by atoms with E-state index in [-0.39, 0.29) is 6.42 Å². The van der Waals surface area contributed by atoms with E-state index in [1.165, 1.54) is 0 Å². The predicted molar refractivity (Wildman–Crippen MR) is 123 cm³/mol. The average molecular weight is 431 g/mol. The molecular formula is C26H26N2O4. The van der Waals surface area contributed by atoms with Gasteiger partial charge >= 0.3 is 5.97 Å². The highest BCUT2D eigenvalue weighted by Gasteiger charge is 2.12. The summed E-state index contributed by atoms with van der Waals surface area (Å²) in [5, 5.41) is 16.1. The van der Waals surface area contributed by atoms with Gasteiger partial charge in [-0.2, -0.15) is 5.10 Å². The fraction of sp³-hybridized carbons (Fsp3) is 0.231. The van der Waals surface area contributed by atoms with Gasteiger partial charge in [0, 0.05) is 24.0 Å². The molecule has 0 radical (unpaired) electrons. The van der Waals surface area contributed by atoms with Crippen LogP contribution in [0.2, 0.25) is 0 Å². The monoisotopic (exact) mass is 430 g/mol. The minimum absolute atomic E-state index is 0.211. The van der Waals surface area contributed by atoms with Gasteiger partial charge in [-0.05, 0) is 48.6 Å². The minimum atomic E-state index is -0.747. The zero-order chi connectivity index (χ0) is 22.2. The van der Waals surface area contributed by atoms with Gasteiger partial charge in [-0.25, -0.2) is 0 Å². The molecule has 0 amide bonds. The Morgan fingerprint density at radius 1 is 0.938 bits per heavy atom. The number of aromatic nitrogens is 2. The number of H-pyrrole nitrogens is 1. The second-order valence-corrected chi connectivity index (χ2v) is 7.66. The molecule has 2 N–H and O–H groups in total. The third-order valence-corrected chi connectivity index (χ3v) is 5.34. The van der Waals surface area contributed by atoms with Crippen LogP contribution in [0.25, 0.3) is 22.6 Å². The molecule has 0 spiro atoms. The number of nitrogens with one attached hydrogen (secondary N) is 1. The average Bonchev–Trinajstić information content (AvgIpc) is 3.50. The van der Waals surface area contributed by atoms with Gasteiger partial charge in [0.05, 0.1) is 24.8 Å². The Balaban J connectivity index is 1.41. The normalized spacial score (nSPS) is 10.9. The van der Waals surface area contributed by atoms with E-state index in [4.69, 9.17) is 14.3 Å². The summed E-state index contributed by atoms with van der Waals surface area (Å²) >= 11 is 0. The molecule has 32 heavy (non-hydrogen) atoms. The van der Waals surface area contributed by atoms with Gasteiger partial charge in [-0.3, -0.25) is 9.89 Å². The number of hydrogen-bond donors (Lipinski definition) is 2. The molecular weight excluding hydrogens is 404 g/mol. The Morgan fingerprint density at radius 3 is 2.53 bits per heavy atom. The third kappa shape index (κ3) is 5.46. The number of unbranched alkanes of at least 4 members (excludes halogenated alkanes) is 2. The number of rotatable bonds is 11. The van der Waals surface area contributed by atoms with Crippen molar-refractivity contribution in [2.75, 3.05) is 6.61 Å². The molecule has 0 unspecified atom stereocenters. The molecule has 0 saturated carbocycles. The number of benzene rings is 2. The first-order valence-electron chi connectivity index (χ1n) is 10.8. The van der Waals surface area contributed by atoms with Crippen LogP contribution in [0.1, 0.15) is 36.8 Å². The van der Waals surface area contributed by atoms with Crippen LogP contribution in [0.3, 0.4) is 0 Å². The lowest BCUT2D eigenvalue weighted by Gasteiger charge is -2.12. The molecule has 0 aliphatic carbocycles. The summed E-state index contributed by atoms with van der Waals surface area (Å²) in [5.74, 6) is 0.948. The van der Waals surface area contributed by atoms with Crippen LogP contribution in [0.15, 0.2) is 77.5 Å². The molecule has 6 heteroatoms. The van der Waals surface area contributed by atoms with Gasteiger partial charge in [0.25, 0.3) is 0 Å². The lowest BCUT2D eigenvalue weighted by Crippen LogP contribution is -2.02. The Kier molecular flexibility index (Phi) is 7.02. The molecule has 0 aliphatic rings. The van der Waals surface area contributed by atoms with E-state index in [0.717, 1.165) is 52.3 Å². The zero-order valence-corrected chi connectivity index (χ0v) is 17.8. The predicted octanol–water partition coefficient (Wildman–Crippen LogP) is 5.95. The Bertz CT molecular complexity index is 1130. The van der Waals surface area contributed by atoms with Gasteiger partial charge < -0.3 is 14.3 Å². The SMILES string of the molecule is O=C(O)CCCCCOc1ccccc1Cc1cn[nH]c1-c1ccc(-c2ccco2)cc1. The van der Waals surface area contributed by atoms with Crippen LogP contribution in [0.5, 0.6) is 5.75 Å². The number of hydrogen-bond acceptors (Lipinski definition) is 4. The van der Waals surface area contributed by atoms with Crippen molar-refractivity contribution in [3.05, 3.63) is 84.3 Å². The van der Waals surface area contributed by atoms with Crippen LogP contribution < -0.4 is 4.74 Å². The maximum Gasteiger partial charge on any atom is 0.303 e. The highest BCUT2D eigenvalue weighted by molar-refractivity contribution is 5.68. The summed E-state index contributed by atoms with van der Waals surface area (Å²) in [7, 11) is 0. The van der Waals surface area contributed by atoms with E-state index in [0.29, 0.717) is 19.4 Å². The van der Waals surface area contributed by atoms with Gasteiger partial charge in [0.15, 0.2) is 0 Å². The van der Waals surface area contributed by atoms with Crippen molar-refractivity contribution >= 4 is 5.97 Å². The largest absolute Gasteiger partial charge is 0.493 e. The highest BCUT2D eigenvalue weighted by Crippen LogP contribution is 2.29. The summed E-state index contributed by atoms with van der Waals surface area (Å²) in [4.78, 5) is 10.6. The van der Waals surface area contributed by atoms with Crippen molar-refractivity contribution in [2.24, 2.45) is 0 Å². The number of carboxylic acid groups (broad SMARTS) is 1. The summed E-state index contributed by atoms with van der Waals surface area (Å²) in [5.41, 5.74) is 5.26. The number of aliphatic carboxylic acids is 1. The molecule has 6 nitrogen and oxygen atoms in total. The molecule has 0 aliphatic heterocycles. The topological polar surface area (TPSA) is 88.4 Å². The molecule has 0 fully saturated rings. The van der Waals surface area contributed by atoms with Crippen LogP contribution in [-0.2, 0) is 11.2 Å². The van der Waals surface area contributed by atoms with Crippen LogP contribution in [0.4, 0.5) is 0 Å². The standard InChI is InChI=1S/C26H26N2O4/c29-25(30)10-2-1-5-15-31-24-8-4-3-7-21(24)17-22-18-27-28-26(22)20-13-11-19(12-14-20)23-9-6-16-32-23/h3-4,6-9,11-14,16,18H,1-2,5,10,15,17H2,(H,27,28)(H,29,30). The van der Waals surface area contributed by atoms with E-state index in [1.54, 1.807) is 6.26 Å². The number of nitrogens with zero attached hydrogens (tertiary/aromatic N) is 1. The van der Waals surface area contributed by atoms with Crippen LogP contribution in [0, 0.1) is 0 Å². The van der Waals surface area contributed by atoms with E-state index >= 15 is 0 Å². The summed E-state index contributed by atoms with van der Waals surface area (Å²) in [6, 6.07) is 20.1. The third-order valence-electron chi connectivity index (χ3n) is 5.34. The molecule has 4 aromatic rings. The van der Waals surface area contributed by atoms with Crippen molar-refractivity contribution in [3.63, 3.8) is 0 Å². The Hall–Kier alpha value is -3.80. The molecule has 164 valence electrons. The summed E-state index contributed by atoms with van der Waals surface area (Å²) < 4.78 is 11.5. The lowest BCUT2D eigenvalue weighted by atomic mass is 10.00. The van der Waals surface area contributed by atoms with Crippen molar-refractivity contribution in [1.82, 2.24) is 10.2 Å². The van der Waals surface area contributed by atoms with Gasteiger partial charge in [-0.15, -0.1) is 0 Å². The number of carbonyl (C=O) groups is 1. The van der Waals surface area contributed by atoms with Gasteiger partial charge in [-0.1, -0.05) is 42.5 Å². The number of furan rings is 1. The molecule has 4 rings (SSSR count). The molecule has 2 aromatic heterocycles. The van der Waals surface area contributed by atoms with E-state index in [9.17, 15) is 4.79 Å². The second-order valence-electron chi connectivity index (χ2n) is 7.66. The first kappa shape index (κ1) is 21.4. The first-order chi connectivity index (χ1) is 15.7. The number of ether oxygens (including phenoxy) is 1. The zero-order valence-electron chi connectivity index (χ0n) is 17.8. The number of para-hydroxylation sites is 1. The summed E-state index contributed by atoms with van der Waals surface area (Å²) in [6.07, 6.45) is 6.79. The Morgan fingerprint density at radius 2 is 1.75 bits per heavy atom. The molecule has 0 atom stereocenters. The van der Waals surface area contributed by atoms with E-state index in [2.05, 4.69) is 28.4 Å². The fourth-order valence-corrected chi connectivity index (χ4v) is 3.67. The Labute approximate surface area is 186 Å². The van der Waals surface area contributed by atoms with Crippen molar-refractivity contribution in [1.29, 1.82) is 0 Å². The quantitative estimate of drug-likeness (QED) is 0.287. The fourth-order valence-electron chi connectivity index (χ4n) is 3.67. The molecule has 2 aromatic carbocycles. The van der Waals surface area contributed by atoms with Crippen molar-refractivity contribution in [3.8, 4) is 28.3 Å². The molecule has 0 bridgehead atoms. The van der Waals surface area contributed by atoms with Crippen molar-refractivity contribution < 1.29 is 19.1 Å². The van der Waals surface area contributed by atoms with Gasteiger partial charge in [0.1, 0.15) is 11.5 Å². The number of aromatic amines is 1. The smallest absolute Gasteiger partial charge is 0.303 e. The first-order valence-corrected chi connectivity index (χ1v) is 10.8. The van der Waals surface area contributed by atoms with Crippen molar-refractivity contribution in [2.45, 2.75) is 32.1 Å².